The second kappa shape index (κ2) is 9.17. The van der Waals surface area contributed by atoms with E-state index in [1.54, 1.807) is 37.4 Å². The number of aryl methyl sites for hydroxylation is 1. The van der Waals surface area contributed by atoms with Crippen LogP contribution in [0.5, 0.6) is 0 Å². The molecule has 3 aromatic rings. The predicted octanol–water partition coefficient (Wildman–Crippen LogP) is 3.28. The van der Waals surface area contributed by atoms with Crippen molar-refractivity contribution in [2.24, 2.45) is 0 Å². The number of halogens is 1. The molecule has 0 aliphatic rings. The first kappa shape index (κ1) is 21.0. The molecule has 0 amide bonds. The van der Waals surface area contributed by atoms with Gasteiger partial charge in [0.25, 0.3) is 0 Å². The summed E-state index contributed by atoms with van der Waals surface area (Å²) in [6.45, 7) is 4.18. The molecule has 29 heavy (non-hydrogen) atoms. The van der Waals surface area contributed by atoms with Gasteiger partial charge in [-0.3, -0.25) is 0 Å². The molecular weight excluding hydrogens is 412 g/mol. The molecule has 152 valence electrons. The van der Waals surface area contributed by atoms with Gasteiger partial charge < -0.3 is 10.6 Å². The van der Waals surface area contributed by atoms with Gasteiger partial charge in [-0.2, -0.15) is 0 Å². The Kier molecular flexibility index (Phi) is 6.63. The van der Waals surface area contributed by atoms with Gasteiger partial charge >= 0.3 is 0 Å². The fourth-order valence-electron chi connectivity index (χ4n) is 2.56. The standard InChI is InChI=1S/C19H21ClN6O2S/c1-13-8-9-21-19(12-13)24-18-7-6-17(25-26-18)22-10-11-23-29(27,28)16-5-3-4-15(20)14(16)2/h3-9,12,23H,10-11H2,1-2H3,(H,22,25)(H,21,24,26). The first-order valence-electron chi connectivity index (χ1n) is 8.87. The molecule has 10 heteroatoms. The van der Waals surface area contributed by atoms with Gasteiger partial charge in [-0.1, -0.05) is 17.7 Å². The van der Waals surface area contributed by atoms with Crippen molar-refractivity contribution in [1.82, 2.24) is 19.9 Å². The zero-order chi connectivity index (χ0) is 20.9. The molecule has 0 radical (unpaired) electrons. The first-order valence-corrected chi connectivity index (χ1v) is 10.7. The summed E-state index contributed by atoms with van der Waals surface area (Å²) in [5.41, 5.74) is 1.61. The molecule has 2 aromatic heterocycles. The first-order chi connectivity index (χ1) is 13.8. The Morgan fingerprint density at radius 3 is 2.45 bits per heavy atom. The molecule has 3 rings (SSSR count). The van der Waals surface area contributed by atoms with Crippen LogP contribution in [0.15, 0.2) is 53.6 Å². The van der Waals surface area contributed by atoms with E-state index < -0.39 is 10.0 Å². The van der Waals surface area contributed by atoms with Crippen molar-refractivity contribution in [3.63, 3.8) is 0 Å². The van der Waals surface area contributed by atoms with Crippen LogP contribution >= 0.6 is 11.6 Å². The van der Waals surface area contributed by atoms with Crippen LogP contribution in [0.1, 0.15) is 11.1 Å². The Balaban J connectivity index is 1.51. The third kappa shape index (κ3) is 5.63. The number of hydrogen-bond donors (Lipinski definition) is 3. The van der Waals surface area contributed by atoms with Gasteiger partial charge in [-0.25, -0.2) is 18.1 Å². The fourth-order valence-corrected chi connectivity index (χ4v) is 4.09. The lowest BCUT2D eigenvalue weighted by Crippen LogP contribution is -2.29. The number of anilines is 3. The summed E-state index contributed by atoms with van der Waals surface area (Å²) in [6.07, 6.45) is 1.72. The van der Waals surface area contributed by atoms with E-state index in [4.69, 9.17) is 11.6 Å². The SMILES string of the molecule is Cc1ccnc(Nc2ccc(NCCNS(=O)(=O)c3cccc(Cl)c3C)nn2)c1. The number of rotatable bonds is 8. The van der Waals surface area contributed by atoms with Gasteiger partial charge in [0.05, 0.1) is 4.90 Å². The lowest BCUT2D eigenvalue weighted by molar-refractivity contribution is 0.582. The van der Waals surface area contributed by atoms with Crippen molar-refractivity contribution in [2.75, 3.05) is 23.7 Å². The molecule has 1 aromatic carbocycles. The van der Waals surface area contributed by atoms with Crippen LogP contribution < -0.4 is 15.4 Å². The van der Waals surface area contributed by atoms with E-state index in [9.17, 15) is 8.42 Å². The van der Waals surface area contributed by atoms with E-state index in [1.807, 2.05) is 19.1 Å². The third-order valence-electron chi connectivity index (χ3n) is 4.07. The van der Waals surface area contributed by atoms with Crippen molar-refractivity contribution in [3.05, 3.63) is 64.8 Å². The van der Waals surface area contributed by atoms with Crippen molar-refractivity contribution in [3.8, 4) is 0 Å². The summed E-state index contributed by atoms with van der Waals surface area (Å²) in [7, 11) is -3.64. The minimum Gasteiger partial charge on any atom is -0.367 e. The molecule has 0 atom stereocenters. The van der Waals surface area contributed by atoms with E-state index >= 15 is 0 Å². The average Bonchev–Trinajstić information content (AvgIpc) is 2.68. The van der Waals surface area contributed by atoms with Crippen LogP contribution in [0.2, 0.25) is 5.02 Å². The number of aromatic nitrogens is 3. The molecule has 0 aliphatic heterocycles. The summed E-state index contributed by atoms with van der Waals surface area (Å²) >= 11 is 6.00. The van der Waals surface area contributed by atoms with Crippen LogP contribution in [0, 0.1) is 13.8 Å². The predicted molar refractivity (Wildman–Crippen MR) is 114 cm³/mol. The minimum atomic E-state index is -3.64. The quantitative estimate of drug-likeness (QED) is 0.468. The number of nitrogens with zero attached hydrogens (tertiary/aromatic N) is 3. The maximum atomic E-state index is 12.4. The zero-order valence-corrected chi connectivity index (χ0v) is 17.5. The van der Waals surface area contributed by atoms with Crippen LogP contribution in [0.3, 0.4) is 0 Å². The third-order valence-corrected chi connectivity index (χ3v) is 6.08. The van der Waals surface area contributed by atoms with E-state index in [2.05, 4.69) is 30.5 Å². The highest BCUT2D eigenvalue weighted by Crippen LogP contribution is 2.22. The largest absolute Gasteiger partial charge is 0.367 e. The maximum absolute atomic E-state index is 12.4. The molecule has 0 saturated heterocycles. The second-order valence-electron chi connectivity index (χ2n) is 6.33. The van der Waals surface area contributed by atoms with Gasteiger partial charge in [0, 0.05) is 24.3 Å². The lowest BCUT2D eigenvalue weighted by atomic mass is 10.2. The van der Waals surface area contributed by atoms with E-state index in [-0.39, 0.29) is 11.4 Å². The van der Waals surface area contributed by atoms with Crippen LogP contribution in [-0.4, -0.2) is 36.7 Å². The van der Waals surface area contributed by atoms with Gasteiger partial charge in [0.1, 0.15) is 11.6 Å². The van der Waals surface area contributed by atoms with Crippen molar-refractivity contribution < 1.29 is 8.42 Å². The molecule has 3 N–H and O–H groups in total. The highest BCUT2D eigenvalue weighted by atomic mass is 35.5. The smallest absolute Gasteiger partial charge is 0.240 e. The average molecular weight is 433 g/mol. The molecule has 2 heterocycles. The van der Waals surface area contributed by atoms with Gasteiger partial charge in [0.2, 0.25) is 10.0 Å². The maximum Gasteiger partial charge on any atom is 0.240 e. The molecule has 8 nitrogen and oxygen atoms in total. The van der Waals surface area contributed by atoms with Crippen molar-refractivity contribution in [2.45, 2.75) is 18.7 Å². The molecule has 0 unspecified atom stereocenters. The highest BCUT2D eigenvalue weighted by molar-refractivity contribution is 7.89. The van der Waals surface area contributed by atoms with Gasteiger partial charge in [0.15, 0.2) is 5.82 Å². The molecular formula is C19H21ClN6O2S. The summed E-state index contributed by atoms with van der Waals surface area (Å²) in [5, 5.41) is 14.7. The van der Waals surface area contributed by atoms with Crippen molar-refractivity contribution >= 4 is 39.1 Å². The molecule has 0 fully saturated rings. The Morgan fingerprint density at radius 1 is 0.966 bits per heavy atom. The summed E-state index contributed by atoms with van der Waals surface area (Å²) in [5.74, 6) is 1.78. The molecule has 0 saturated carbocycles. The monoisotopic (exact) mass is 432 g/mol. The van der Waals surface area contributed by atoms with Crippen LogP contribution in [0.4, 0.5) is 17.5 Å². The van der Waals surface area contributed by atoms with Crippen LogP contribution in [0.25, 0.3) is 0 Å². The summed E-state index contributed by atoms with van der Waals surface area (Å²) < 4.78 is 27.4. The second-order valence-corrected chi connectivity index (χ2v) is 8.48. The molecule has 0 spiro atoms. The van der Waals surface area contributed by atoms with Crippen molar-refractivity contribution in [1.29, 1.82) is 0 Å². The van der Waals surface area contributed by atoms with E-state index in [0.29, 0.717) is 34.6 Å². The number of nitrogens with one attached hydrogen (secondary N) is 3. The molecule has 0 bridgehead atoms. The van der Waals surface area contributed by atoms with Crippen LogP contribution in [-0.2, 0) is 10.0 Å². The summed E-state index contributed by atoms with van der Waals surface area (Å²) in [4.78, 5) is 4.38. The van der Waals surface area contributed by atoms with E-state index in [1.165, 1.54) is 6.07 Å². The lowest BCUT2D eigenvalue weighted by Gasteiger charge is -2.11. The Labute approximate surface area is 174 Å². The van der Waals surface area contributed by atoms with Gasteiger partial charge in [-0.05, 0) is 61.4 Å². The number of benzene rings is 1. The van der Waals surface area contributed by atoms with E-state index in [0.717, 1.165) is 5.56 Å². The topological polar surface area (TPSA) is 109 Å². The number of hydrogen-bond acceptors (Lipinski definition) is 7. The Hall–Kier alpha value is -2.75. The highest BCUT2D eigenvalue weighted by Gasteiger charge is 2.17. The van der Waals surface area contributed by atoms with Gasteiger partial charge in [-0.15, -0.1) is 10.2 Å². The Morgan fingerprint density at radius 2 is 1.72 bits per heavy atom. The normalized spacial score (nSPS) is 11.3. The number of sulfonamides is 1. The Bertz CT molecular complexity index is 1090. The number of pyridine rings is 1. The fraction of sp³-hybridized carbons (Fsp3) is 0.211. The molecule has 0 aliphatic carbocycles. The summed E-state index contributed by atoms with van der Waals surface area (Å²) in [6, 6.07) is 12.1. The minimum absolute atomic E-state index is 0.171. The zero-order valence-electron chi connectivity index (χ0n) is 16.0.